The van der Waals surface area contributed by atoms with Gasteiger partial charge >= 0.3 is 0 Å². The Morgan fingerprint density at radius 2 is 2.00 bits per heavy atom. The van der Waals surface area contributed by atoms with Gasteiger partial charge in [0.15, 0.2) is 0 Å². The van der Waals surface area contributed by atoms with Crippen LogP contribution in [0.5, 0.6) is 0 Å². The number of aromatic nitrogens is 4. The first-order valence-electron chi connectivity index (χ1n) is 7.86. The highest BCUT2D eigenvalue weighted by atomic mass is 32.2. The lowest BCUT2D eigenvalue weighted by Gasteiger charge is -2.04. The molecule has 0 fully saturated rings. The van der Waals surface area contributed by atoms with Crippen molar-refractivity contribution in [1.29, 1.82) is 0 Å². The molecular weight excluding hydrogens is 341 g/mol. The first kappa shape index (κ1) is 17.3. The van der Waals surface area contributed by atoms with Gasteiger partial charge < -0.3 is 5.32 Å². The number of nitrogens with one attached hydrogen (secondary N) is 1. The zero-order valence-corrected chi connectivity index (χ0v) is 14.8. The van der Waals surface area contributed by atoms with E-state index in [9.17, 15) is 9.18 Å². The summed E-state index contributed by atoms with van der Waals surface area (Å²) in [6, 6.07) is 8.01. The third-order valence-corrected chi connectivity index (χ3v) is 4.40. The second-order valence-corrected chi connectivity index (χ2v) is 6.71. The Bertz CT molecular complexity index is 894. The average Bonchev–Trinajstić information content (AvgIpc) is 2.97. The van der Waals surface area contributed by atoms with E-state index < -0.39 is 0 Å². The number of hydrogen-bond donors (Lipinski definition) is 1. The highest BCUT2D eigenvalue weighted by Crippen LogP contribution is 2.16. The van der Waals surface area contributed by atoms with Gasteiger partial charge in [0.1, 0.15) is 5.82 Å². The van der Waals surface area contributed by atoms with E-state index in [1.807, 2.05) is 19.9 Å². The van der Waals surface area contributed by atoms with E-state index in [0.29, 0.717) is 29.7 Å². The summed E-state index contributed by atoms with van der Waals surface area (Å²) in [7, 11) is 0. The molecule has 0 aliphatic heterocycles. The minimum absolute atomic E-state index is 0.0641. The number of thioether (sulfide) groups is 1. The zero-order chi connectivity index (χ0) is 17.8. The van der Waals surface area contributed by atoms with Crippen molar-refractivity contribution < 1.29 is 9.18 Å². The average molecular weight is 359 g/mol. The molecule has 0 bridgehead atoms. The monoisotopic (exact) mass is 359 g/mol. The molecule has 0 aliphatic rings. The van der Waals surface area contributed by atoms with Crippen LogP contribution in [0.4, 0.5) is 4.39 Å². The van der Waals surface area contributed by atoms with E-state index in [2.05, 4.69) is 20.4 Å². The summed E-state index contributed by atoms with van der Waals surface area (Å²) in [5.74, 6) is 0.794. The minimum atomic E-state index is -0.286. The topological polar surface area (TPSA) is 72.2 Å². The van der Waals surface area contributed by atoms with E-state index in [4.69, 9.17) is 0 Å². The Morgan fingerprint density at radius 3 is 2.76 bits per heavy atom. The fraction of sp³-hybridized carbons (Fsp3) is 0.294. The standard InChI is InChI=1S/C17H18FN5OS/c1-11-9-12(2)23-16(20-11)21-17(22-23)25-8-7-15(24)19-10-13-3-5-14(18)6-4-13/h3-6,9H,7-8,10H2,1-2H3,(H,19,24). The molecule has 0 spiro atoms. The Balaban J connectivity index is 1.48. The summed E-state index contributed by atoms with van der Waals surface area (Å²) >= 11 is 1.42. The van der Waals surface area contributed by atoms with Gasteiger partial charge in [-0.1, -0.05) is 23.9 Å². The Labute approximate surface area is 148 Å². The van der Waals surface area contributed by atoms with E-state index in [-0.39, 0.29) is 11.7 Å². The lowest BCUT2D eigenvalue weighted by molar-refractivity contribution is -0.120. The molecule has 1 aromatic carbocycles. The molecule has 0 aliphatic carbocycles. The van der Waals surface area contributed by atoms with Gasteiger partial charge in [-0.05, 0) is 37.6 Å². The Morgan fingerprint density at radius 1 is 1.24 bits per heavy atom. The minimum Gasteiger partial charge on any atom is -0.352 e. The van der Waals surface area contributed by atoms with Gasteiger partial charge in [0.25, 0.3) is 5.78 Å². The smallest absolute Gasteiger partial charge is 0.253 e. The molecular formula is C17H18FN5OS. The van der Waals surface area contributed by atoms with Crippen LogP contribution in [0.3, 0.4) is 0 Å². The number of hydrogen-bond acceptors (Lipinski definition) is 5. The molecule has 2 aromatic heterocycles. The quantitative estimate of drug-likeness (QED) is 0.685. The second-order valence-electron chi connectivity index (χ2n) is 5.65. The maximum absolute atomic E-state index is 12.8. The first-order chi connectivity index (χ1) is 12.0. The van der Waals surface area contributed by atoms with Crippen molar-refractivity contribution in [1.82, 2.24) is 24.9 Å². The molecule has 1 N–H and O–H groups in total. The SMILES string of the molecule is Cc1cc(C)n2nc(SCCC(=O)NCc3ccc(F)cc3)nc2n1. The number of carbonyl (C=O) groups excluding carboxylic acids is 1. The van der Waals surface area contributed by atoms with Gasteiger partial charge in [-0.2, -0.15) is 4.98 Å². The van der Waals surface area contributed by atoms with Crippen LogP contribution >= 0.6 is 11.8 Å². The first-order valence-corrected chi connectivity index (χ1v) is 8.85. The number of amides is 1. The molecule has 2 heterocycles. The van der Waals surface area contributed by atoms with E-state index in [1.165, 1.54) is 23.9 Å². The van der Waals surface area contributed by atoms with Crippen molar-refractivity contribution in [3.63, 3.8) is 0 Å². The maximum Gasteiger partial charge on any atom is 0.253 e. The number of rotatable bonds is 6. The van der Waals surface area contributed by atoms with Crippen LogP contribution < -0.4 is 5.32 Å². The molecule has 1 amide bonds. The van der Waals surface area contributed by atoms with Crippen LogP contribution in [-0.2, 0) is 11.3 Å². The fourth-order valence-electron chi connectivity index (χ4n) is 2.34. The number of carbonyl (C=O) groups is 1. The van der Waals surface area contributed by atoms with Crippen LogP contribution in [0, 0.1) is 19.7 Å². The van der Waals surface area contributed by atoms with Crippen molar-refractivity contribution in [2.24, 2.45) is 0 Å². The van der Waals surface area contributed by atoms with Crippen LogP contribution in [0.1, 0.15) is 23.4 Å². The number of halogens is 1. The third kappa shape index (κ3) is 4.54. The molecule has 130 valence electrons. The van der Waals surface area contributed by atoms with Crippen molar-refractivity contribution >= 4 is 23.4 Å². The number of nitrogens with zero attached hydrogens (tertiary/aromatic N) is 4. The zero-order valence-electron chi connectivity index (χ0n) is 14.0. The van der Waals surface area contributed by atoms with Gasteiger partial charge in [0.2, 0.25) is 11.1 Å². The number of benzene rings is 1. The molecule has 0 saturated heterocycles. The Kier molecular flexibility index (Phi) is 5.28. The molecule has 0 radical (unpaired) electrons. The van der Waals surface area contributed by atoms with Crippen molar-refractivity contribution in [2.45, 2.75) is 32.0 Å². The van der Waals surface area contributed by atoms with E-state index in [0.717, 1.165) is 17.0 Å². The van der Waals surface area contributed by atoms with Gasteiger partial charge in [0.05, 0.1) is 0 Å². The van der Waals surface area contributed by atoms with Crippen LogP contribution in [0.15, 0.2) is 35.5 Å². The third-order valence-electron chi connectivity index (χ3n) is 3.56. The highest BCUT2D eigenvalue weighted by molar-refractivity contribution is 7.99. The Hall–Kier alpha value is -2.48. The largest absolute Gasteiger partial charge is 0.352 e. The second kappa shape index (κ2) is 7.60. The summed E-state index contributed by atoms with van der Waals surface area (Å²) in [6.07, 6.45) is 0.354. The van der Waals surface area contributed by atoms with Crippen LogP contribution in [-0.4, -0.2) is 31.2 Å². The van der Waals surface area contributed by atoms with Crippen LogP contribution in [0.2, 0.25) is 0 Å². The van der Waals surface area contributed by atoms with E-state index in [1.54, 1.807) is 16.6 Å². The predicted octanol–water partition coefficient (Wildman–Crippen LogP) is 2.68. The molecule has 0 unspecified atom stereocenters. The lowest BCUT2D eigenvalue weighted by Crippen LogP contribution is -2.22. The van der Waals surface area contributed by atoms with Gasteiger partial charge in [0, 0.05) is 30.1 Å². The van der Waals surface area contributed by atoms with Gasteiger partial charge in [-0.25, -0.2) is 13.9 Å². The van der Waals surface area contributed by atoms with Crippen molar-refractivity contribution in [3.8, 4) is 0 Å². The number of aryl methyl sites for hydroxylation is 2. The summed E-state index contributed by atoms with van der Waals surface area (Å²) in [4.78, 5) is 20.6. The van der Waals surface area contributed by atoms with Crippen molar-refractivity contribution in [2.75, 3.05) is 5.75 Å². The maximum atomic E-state index is 12.8. The normalized spacial score (nSPS) is 11.0. The summed E-state index contributed by atoms with van der Waals surface area (Å²) in [5, 5.41) is 7.81. The summed E-state index contributed by atoms with van der Waals surface area (Å²) in [5.41, 5.74) is 2.73. The summed E-state index contributed by atoms with van der Waals surface area (Å²) in [6.45, 7) is 4.26. The highest BCUT2D eigenvalue weighted by Gasteiger charge is 2.09. The van der Waals surface area contributed by atoms with E-state index >= 15 is 0 Å². The molecule has 0 atom stereocenters. The van der Waals surface area contributed by atoms with Crippen molar-refractivity contribution in [3.05, 3.63) is 53.1 Å². The summed E-state index contributed by atoms with van der Waals surface area (Å²) < 4.78 is 14.5. The van der Waals surface area contributed by atoms with Gasteiger partial charge in [-0.3, -0.25) is 4.79 Å². The number of fused-ring (bicyclic) bond motifs is 1. The molecule has 6 nitrogen and oxygen atoms in total. The molecule has 8 heteroatoms. The predicted molar refractivity (Wildman–Crippen MR) is 93.8 cm³/mol. The van der Waals surface area contributed by atoms with Gasteiger partial charge in [-0.15, -0.1) is 5.10 Å². The molecule has 25 heavy (non-hydrogen) atoms. The lowest BCUT2D eigenvalue weighted by atomic mass is 10.2. The molecule has 0 saturated carbocycles. The molecule has 3 aromatic rings. The fourth-order valence-corrected chi connectivity index (χ4v) is 3.09. The molecule has 3 rings (SSSR count). The van der Waals surface area contributed by atoms with Crippen LogP contribution in [0.25, 0.3) is 5.78 Å².